The summed E-state index contributed by atoms with van der Waals surface area (Å²) in [5.74, 6) is 1.07. The number of ketones is 1. The molecule has 4 heteroatoms. The highest BCUT2D eigenvalue weighted by Crippen LogP contribution is 2.28. The largest absolute Gasteiger partial charge is 0.493 e. The number of carbonyl (C=O) groups is 1. The maximum Gasteiger partial charge on any atom is 0.185 e. The SMILES string of the molecule is COc1ccc(C(=O)/C=C/c2ccc(-c3cccs3)cc2)cc1OC. The summed E-state index contributed by atoms with van der Waals surface area (Å²) in [5, 5.41) is 2.06. The van der Waals surface area contributed by atoms with Gasteiger partial charge in [0.1, 0.15) is 0 Å². The molecule has 0 aliphatic rings. The summed E-state index contributed by atoms with van der Waals surface area (Å²) in [4.78, 5) is 13.6. The van der Waals surface area contributed by atoms with E-state index >= 15 is 0 Å². The number of ether oxygens (including phenoxy) is 2. The maximum atomic E-state index is 12.4. The Labute approximate surface area is 151 Å². The molecule has 2 aromatic carbocycles. The molecule has 0 atom stereocenters. The number of rotatable bonds is 6. The van der Waals surface area contributed by atoms with E-state index in [1.165, 1.54) is 10.4 Å². The first-order valence-electron chi connectivity index (χ1n) is 7.79. The van der Waals surface area contributed by atoms with E-state index in [-0.39, 0.29) is 5.78 Å². The molecule has 1 aromatic heterocycles. The van der Waals surface area contributed by atoms with Crippen LogP contribution in [0.1, 0.15) is 15.9 Å². The molecule has 0 bridgehead atoms. The van der Waals surface area contributed by atoms with Gasteiger partial charge in [0.2, 0.25) is 0 Å². The zero-order valence-electron chi connectivity index (χ0n) is 14.1. The highest BCUT2D eigenvalue weighted by Gasteiger charge is 2.08. The summed E-state index contributed by atoms with van der Waals surface area (Å²) in [6, 6.07) is 17.4. The van der Waals surface area contributed by atoms with Crippen LogP contribution in [0.4, 0.5) is 0 Å². The van der Waals surface area contributed by atoms with Crippen LogP contribution in [0, 0.1) is 0 Å². The van der Waals surface area contributed by atoms with Crippen LogP contribution in [0.15, 0.2) is 66.1 Å². The van der Waals surface area contributed by atoms with Crippen molar-refractivity contribution in [1.29, 1.82) is 0 Å². The maximum absolute atomic E-state index is 12.4. The van der Waals surface area contributed by atoms with Crippen LogP contribution in [0.3, 0.4) is 0 Å². The van der Waals surface area contributed by atoms with Gasteiger partial charge in [0, 0.05) is 10.4 Å². The molecule has 0 aliphatic heterocycles. The number of thiophene rings is 1. The predicted octanol–water partition coefficient (Wildman–Crippen LogP) is 5.33. The normalized spacial score (nSPS) is 10.8. The van der Waals surface area contributed by atoms with Crippen LogP contribution < -0.4 is 9.47 Å². The van der Waals surface area contributed by atoms with Crippen molar-refractivity contribution in [2.45, 2.75) is 0 Å². The number of allylic oxidation sites excluding steroid dienone is 1. The molecule has 0 aliphatic carbocycles. The van der Waals surface area contributed by atoms with Gasteiger partial charge in [-0.1, -0.05) is 36.4 Å². The molecule has 0 fully saturated rings. The highest BCUT2D eigenvalue weighted by molar-refractivity contribution is 7.13. The summed E-state index contributed by atoms with van der Waals surface area (Å²) in [7, 11) is 3.12. The topological polar surface area (TPSA) is 35.5 Å². The lowest BCUT2D eigenvalue weighted by Gasteiger charge is -2.08. The average molecular weight is 350 g/mol. The molecule has 3 rings (SSSR count). The van der Waals surface area contributed by atoms with Crippen molar-refractivity contribution in [1.82, 2.24) is 0 Å². The van der Waals surface area contributed by atoms with E-state index in [0.717, 1.165) is 5.56 Å². The van der Waals surface area contributed by atoms with Gasteiger partial charge in [-0.25, -0.2) is 0 Å². The van der Waals surface area contributed by atoms with Gasteiger partial charge < -0.3 is 9.47 Å². The van der Waals surface area contributed by atoms with Gasteiger partial charge in [0.25, 0.3) is 0 Å². The van der Waals surface area contributed by atoms with Crippen molar-refractivity contribution in [2.24, 2.45) is 0 Å². The quantitative estimate of drug-likeness (QED) is 0.445. The van der Waals surface area contributed by atoms with Crippen LogP contribution in [-0.2, 0) is 0 Å². The summed E-state index contributed by atoms with van der Waals surface area (Å²) in [6.45, 7) is 0. The fourth-order valence-corrected chi connectivity index (χ4v) is 3.19. The summed E-state index contributed by atoms with van der Waals surface area (Å²) < 4.78 is 10.4. The number of benzene rings is 2. The van der Waals surface area contributed by atoms with Gasteiger partial charge >= 0.3 is 0 Å². The number of methoxy groups -OCH3 is 2. The third-order valence-corrected chi connectivity index (χ3v) is 4.73. The molecule has 25 heavy (non-hydrogen) atoms. The van der Waals surface area contributed by atoms with Crippen LogP contribution in [0.25, 0.3) is 16.5 Å². The van der Waals surface area contributed by atoms with Gasteiger partial charge in [-0.05, 0) is 46.8 Å². The summed E-state index contributed by atoms with van der Waals surface area (Å²) in [6.07, 6.45) is 3.39. The van der Waals surface area contributed by atoms with E-state index in [0.29, 0.717) is 17.1 Å². The molecule has 0 amide bonds. The lowest BCUT2D eigenvalue weighted by Crippen LogP contribution is -1.97. The molecule has 3 aromatic rings. The van der Waals surface area contributed by atoms with E-state index < -0.39 is 0 Å². The Bertz CT molecular complexity index is 878. The molecule has 0 unspecified atom stereocenters. The Morgan fingerprint density at radius 1 is 0.960 bits per heavy atom. The van der Waals surface area contributed by atoms with Crippen molar-refractivity contribution in [3.8, 4) is 21.9 Å². The lowest BCUT2D eigenvalue weighted by molar-refractivity contribution is 0.104. The van der Waals surface area contributed by atoms with Crippen molar-refractivity contribution in [3.05, 3.63) is 77.2 Å². The Morgan fingerprint density at radius 2 is 1.72 bits per heavy atom. The molecule has 0 N–H and O–H groups in total. The van der Waals surface area contributed by atoms with Crippen molar-refractivity contribution >= 4 is 23.2 Å². The molecule has 1 heterocycles. The molecular weight excluding hydrogens is 332 g/mol. The first-order chi connectivity index (χ1) is 12.2. The lowest BCUT2D eigenvalue weighted by atomic mass is 10.1. The fourth-order valence-electron chi connectivity index (χ4n) is 2.46. The number of carbonyl (C=O) groups excluding carboxylic acids is 1. The average Bonchev–Trinajstić information content (AvgIpc) is 3.20. The first kappa shape index (κ1) is 17.0. The van der Waals surface area contributed by atoms with Gasteiger partial charge in [-0.2, -0.15) is 0 Å². The first-order valence-corrected chi connectivity index (χ1v) is 8.67. The van der Waals surface area contributed by atoms with Crippen molar-refractivity contribution < 1.29 is 14.3 Å². The van der Waals surface area contributed by atoms with E-state index in [2.05, 4.69) is 23.6 Å². The molecule has 3 nitrogen and oxygen atoms in total. The third-order valence-electron chi connectivity index (χ3n) is 3.81. The second-order valence-electron chi connectivity index (χ2n) is 5.37. The van der Waals surface area contributed by atoms with Gasteiger partial charge in [0.05, 0.1) is 14.2 Å². The zero-order chi connectivity index (χ0) is 17.6. The van der Waals surface area contributed by atoms with Gasteiger partial charge in [0.15, 0.2) is 17.3 Å². The van der Waals surface area contributed by atoms with Crippen molar-refractivity contribution in [2.75, 3.05) is 14.2 Å². The molecule has 0 saturated carbocycles. The summed E-state index contributed by atoms with van der Waals surface area (Å²) in [5.41, 5.74) is 2.72. The second kappa shape index (κ2) is 7.81. The smallest absolute Gasteiger partial charge is 0.185 e. The monoisotopic (exact) mass is 350 g/mol. The highest BCUT2D eigenvalue weighted by atomic mass is 32.1. The molecule has 126 valence electrons. The van der Waals surface area contributed by atoms with E-state index in [1.54, 1.807) is 49.8 Å². The minimum atomic E-state index is -0.0803. The predicted molar refractivity (Wildman–Crippen MR) is 103 cm³/mol. The van der Waals surface area contributed by atoms with E-state index in [4.69, 9.17) is 9.47 Å². The Kier molecular flexibility index (Phi) is 5.31. The van der Waals surface area contributed by atoms with E-state index in [1.807, 2.05) is 24.3 Å². The second-order valence-corrected chi connectivity index (χ2v) is 6.31. The van der Waals surface area contributed by atoms with E-state index in [9.17, 15) is 4.79 Å². The fraction of sp³-hybridized carbons (Fsp3) is 0.0952. The number of hydrogen-bond donors (Lipinski definition) is 0. The summed E-state index contributed by atoms with van der Waals surface area (Å²) >= 11 is 1.71. The Balaban J connectivity index is 1.74. The Morgan fingerprint density at radius 3 is 2.36 bits per heavy atom. The van der Waals surface area contributed by atoms with Crippen LogP contribution in [0.5, 0.6) is 11.5 Å². The standard InChI is InChI=1S/C21H18O3S/c1-23-19-12-10-17(14-20(19)24-2)18(22)11-7-15-5-8-16(9-6-15)21-4-3-13-25-21/h3-14H,1-2H3/b11-7+. The molecule has 0 spiro atoms. The molecule has 0 saturated heterocycles. The van der Waals surface area contributed by atoms with Crippen LogP contribution >= 0.6 is 11.3 Å². The van der Waals surface area contributed by atoms with Crippen molar-refractivity contribution in [3.63, 3.8) is 0 Å². The van der Waals surface area contributed by atoms with Gasteiger partial charge in [-0.15, -0.1) is 11.3 Å². The Hall–Kier alpha value is -2.85. The number of hydrogen-bond acceptors (Lipinski definition) is 4. The zero-order valence-corrected chi connectivity index (χ0v) is 14.9. The molecular formula is C21H18O3S. The van der Waals surface area contributed by atoms with Crippen LogP contribution in [-0.4, -0.2) is 20.0 Å². The minimum absolute atomic E-state index is 0.0803. The third kappa shape index (κ3) is 3.98. The minimum Gasteiger partial charge on any atom is -0.493 e. The van der Waals surface area contributed by atoms with Gasteiger partial charge in [-0.3, -0.25) is 4.79 Å². The molecule has 0 radical (unpaired) electrons. The van der Waals surface area contributed by atoms with Crippen LogP contribution in [0.2, 0.25) is 0 Å².